The van der Waals surface area contributed by atoms with Gasteiger partial charge in [0.25, 0.3) is 0 Å². The Bertz CT molecular complexity index is 580. The van der Waals surface area contributed by atoms with E-state index in [4.69, 9.17) is 4.74 Å². The van der Waals surface area contributed by atoms with Crippen molar-refractivity contribution in [3.8, 4) is 5.75 Å². The summed E-state index contributed by atoms with van der Waals surface area (Å²) in [6, 6.07) is 16.0. The summed E-state index contributed by atoms with van der Waals surface area (Å²) in [5.41, 5.74) is 2.68. The molecule has 0 bridgehead atoms. The molecule has 112 valence electrons. The lowest BCUT2D eigenvalue weighted by molar-refractivity contribution is 0.224. The number of anilines is 1. The summed E-state index contributed by atoms with van der Waals surface area (Å²) >= 11 is 0. The molecule has 0 saturated heterocycles. The van der Waals surface area contributed by atoms with Crippen LogP contribution in [0.25, 0.3) is 0 Å². The highest BCUT2D eigenvalue weighted by Crippen LogP contribution is 2.27. The Morgan fingerprint density at radius 2 is 1.86 bits per heavy atom. The Kier molecular flexibility index (Phi) is 4.86. The first-order valence-electron chi connectivity index (χ1n) is 7.26. The minimum atomic E-state index is -0.529. The first kappa shape index (κ1) is 15.4. The molecule has 0 aliphatic rings. The van der Waals surface area contributed by atoms with Crippen LogP contribution < -0.4 is 10.1 Å². The normalized spacial score (nSPS) is 13.5. The molecule has 3 heteroatoms. The zero-order chi connectivity index (χ0) is 15.3. The fourth-order valence-electron chi connectivity index (χ4n) is 2.33. The maximum Gasteiger partial charge on any atom is 0.119 e. The summed E-state index contributed by atoms with van der Waals surface area (Å²) in [6.07, 6.45) is 0. The number of aliphatic hydroxyl groups excluding tert-OH is 1. The second-order valence-corrected chi connectivity index (χ2v) is 5.44. The second-order valence-electron chi connectivity index (χ2n) is 5.44. The quantitative estimate of drug-likeness (QED) is 0.850. The lowest BCUT2D eigenvalue weighted by atomic mass is 9.92. The van der Waals surface area contributed by atoms with Crippen molar-refractivity contribution in [2.24, 2.45) is 0 Å². The molecule has 3 nitrogen and oxygen atoms in total. The Balaban J connectivity index is 2.23. The summed E-state index contributed by atoms with van der Waals surface area (Å²) in [6.45, 7) is 6.67. The summed E-state index contributed by atoms with van der Waals surface area (Å²) in [4.78, 5) is 0. The topological polar surface area (TPSA) is 41.5 Å². The standard InChI is InChI=1S/C18H23NO2/c1-4-21-17-10-8-15(9-11-17)18(3,13-20)19-16-7-5-6-14(2)12-16/h5-12,19-20H,4,13H2,1-3H3. The van der Waals surface area contributed by atoms with Crippen LogP contribution in [-0.4, -0.2) is 18.3 Å². The van der Waals surface area contributed by atoms with Crippen molar-refractivity contribution in [2.45, 2.75) is 26.3 Å². The fourth-order valence-corrected chi connectivity index (χ4v) is 2.33. The Morgan fingerprint density at radius 1 is 1.14 bits per heavy atom. The Morgan fingerprint density at radius 3 is 2.43 bits per heavy atom. The lowest BCUT2D eigenvalue weighted by Gasteiger charge is -2.31. The molecule has 0 heterocycles. The lowest BCUT2D eigenvalue weighted by Crippen LogP contribution is -2.35. The van der Waals surface area contributed by atoms with Gasteiger partial charge in [-0.3, -0.25) is 0 Å². The summed E-state index contributed by atoms with van der Waals surface area (Å²) < 4.78 is 5.46. The van der Waals surface area contributed by atoms with Crippen molar-refractivity contribution in [3.63, 3.8) is 0 Å². The Labute approximate surface area is 126 Å². The van der Waals surface area contributed by atoms with E-state index in [1.54, 1.807) is 0 Å². The molecule has 0 aliphatic heterocycles. The predicted octanol–water partition coefficient (Wildman–Crippen LogP) is 3.71. The van der Waals surface area contributed by atoms with Crippen molar-refractivity contribution >= 4 is 5.69 Å². The van der Waals surface area contributed by atoms with Crippen molar-refractivity contribution in [1.82, 2.24) is 0 Å². The van der Waals surface area contributed by atoms with Crippen LogP contribution in [0.15, 0.2) is 48.5 Å². The van der Waals surface area contributed by atoms with E-state index < -0.39 is 5.54 Å². The van der Waals surface area contributed by atoms with E-state index in [1.807, 2.05) is 50.2 Å². The molecule has 0 fully saturated rings. The zero-order valence-corrected chi connectivity index (χ0v) is 12.9. The van der Waals surface area contributed by atoms with Crippen molar-refractivity contribution < 1.29 is 9.84 Å². The van der Waals surface area contributed by atoms with Gasteiger partial charge in [-0.2, -0.15) is 0 Å². The number of aliphatic hydroxyl groups is 1. The molecule has 2 N–H and O–H groups in total. The number of rotatable bonds is 6. The van der Waals surface area contributed by atoms with E-state index in [2.05, 4.69) is 24.4 Å². The minimum Gasteiger partial charge on any atom is -0.494 e. The third-order valence-electron chi connectivity index (χ3n) is 3.56. The van der Waals surface area contributed by atoms with Crippen LogP contribution in [0, 0.1) is 6.92 Å². The zero-order valence-electron chi connectivity index (χ0n) is 12.9. The average molecular weight is 285 g/mol. The number of hydrogen-bond donors (Lipinski definition) is 2. The molecule has 0 radical (unpaired) electrons. The van der Waals surface area contributed by atoms with Gasteiger partial charge in [0, 0.05) is 5.69 Å². The highest BCUT2D eigenvalue weighted by Gasteiger charge is 2.25. The fraction of sp³-hybridized carbons (Fsp3) is 0.333. The molecule has 2 aromatic rings. The number of ether oxygens (including phenoxy) is 1. The van der Waals surface area contributed by atoms with Gasteiger partial charge in [0.15, 0.2) is 0 Å². The van der Waals surface area contributed by atoms with E-state index in [1.165, 1.54) is 5.56 Å². The molecule has 21 heavy (non-hydrogen) atoms. The number of benzene rings is 2. The first-order chi connectivity index (χ1) is 10.1. The van der Waals surface area contributed by atoms with Gasteiger partial charge in [0.2, 0.25) is 0 Å². The van der Waals surface area contributed by atoms with Crippen LogP contribution in [0.2, 0.25) is 0 Å². The van der Waals surface area contributed by atoms with Gasteiger partial charge in [-0.05, 0) is 56.2 Å². The molecule has 0 aliphatic carbocycles. The molecule has 0 saturated carbocycles. The third kappa shape index (κ3) is 3.76. The van der Waals surface area contributed by atoms with Gasteiger partial charge in [-0.25, -0.2) is 0 Å². The second kappa shape index (κ2) is 6.64. The van der Waals surface area contributed by atoms with Crippen LogP contribution in [0.5, 0.6) is 5.75 Å². The van der Waals surface area contributed by atoms with Gasteiger partial charge in [-0.1, -0.05) is 24.3 Å². The Hall–Kier alpha value is -2.00. The molecule has 2 rings (SSSR count). The van der Waals surface area contributed by atoms with E-state index in [0.29, 0.717) is 6.61 Å². The molecule has 1 atom stereocenters. The minimum absolute atomic E-state index is 0.00885. The van der Waals surface area contributed by atoms with Crippen molar-refractivity contribution in [2.75, 3.05) is 18.5 Å². The van der Waals surface area contributed by atoms with Crippen LogP contribution in [0.4, 0.5) is 5.69 Å². The highest BCUT2D eigenvalue weighted by atomic mass is 16.5. The van der Waals surface area contributed by atoms with Crippen LogP contribution in [0.3, 0.4) is 0 Å². The largest absolute Gasteiger partial charge is 0.494 e. The van der Waals surface area contributed by atoms with Crippen LogP contribution in [0.1, 0.15) is 25.0 Å². The molecular formula is C18H23NO2. The summed E-state index contributed by atoms with van der Waals surface area (Å²) in [5, 5.41) is 13.3. The monoisotopic (exact) mass is 285 g/mol. The molecule has 0 aromatic heterocycles. The number of hydrogen-bond acceptors (Lipinski definition) is 3. The third-order valence-corrected chi connectivity index (χ3v) is 3.56. The molecule has 1 unspecified atom stereocenters. The molecular weight excluding hydrogens is 262 g/mol. The number of nitrogens with one attached hydrogen (secondary N) is 1. The maximum absolute atomic E-state index is 9.85. The van der Waals surface area contributed by atoms with Crippen molar-refractivity contribution in [1.29, 1.82) is 0 Å². The van der Waals surface area contributed by atoms with Crippen LogP contribution >= 0.6 is 0 Å². The van der Waals surface area contributed by atoms with Crippen molar-refractivity contribution in [3.05, 3.63) is 59.7 Å². The van der Waals surface area contributed by atoms with E-state index in [-0.39, 0.29) is 6.61 Å². The predicted molar refractivity (Wildman–Crippen MR) is 86.9 cm³/mol. The first-order valence-corrected chi connectivity index (χ1v) is 7.26. The van der Waals surface area contributed by atoms with Gasteiger partial charge >= 0.3 is 0 Å². The average Bonchev–Trinajstić information content (AvgIpc) is 2.48. The van der Waals surface area contributed by atoms with E-state index in [9.17, 15) is 5.11 Å². The SMILES string of the molecule is CCOc1ccc(C(C)(CO)Nc2cccc(C)c2)cc1. The van der Waals surface area contributed by atoms with E-state index >= 15 is 0 Å². The van der Waals surface area contributed by atoms with Gasteiger partial charge in [0.1, 0.15) is 5.75 Å². The van der Waals surface area contributed by atoms with Gasteiger partial charge < -0.3 is 15.2 Å². The maximum atomic E-state index is 9.85. The molecule has 0 spiro atoms. The smallest absolute Gasteiger partial charge is 0.119 e. The van der Waals surface area contributed by atoms with Crippen LogP contribution in [-0.2, 0) is 5.54 Å². The van der Waals surface area contributed by atoms with E-state index in [0.717, 1.165) is 17.0 Å². The molecule has 2 aromatic carbocycles. The van der Waals surface area contributed by atoms with Gasteiger partial charge in [-0.15, -0.1) is 0 Å². The number of aryl methyl sites for hydroxylation is 1. The highest BCUT2D eigenvalue weighted by molar-refractivity contribution is 5.50. The molecule has 0 amide bonds. The van der Waals surface area contributed by atoms with Gasteiger partial charge in [0.05, 0.1) is 18.8 Å². The summed E-state index contributed by atoms with van der Waals surface area (Å²) in [5.74, 6) is 0.845. The summed E-state index contributed by atoms with van der Waals surface area (Å²) in [7, 11) is 0.